The topological polar surface area (TPSA) is 115 Å². The van der Waals surface area contributed by atoms with Gasteiger partial charge in [0.15, 0.2) is 6.04 Å². The number of nitrogens with two attached hydrogens (primary N) is 2. The van der Waals surface area contributed by atoms with Gasteiger partial charge in [0, 0.05) is 12.3 Å². The molecule has 0 atom stereocenters. The lowest BCUT2D eigenvalue weighted by Crippen LogP contribution is -2.52. The molecule has 0 heterocycles. The highest BCUT2D eigenvalue weighted by molar-refractivity contribution is 6.05. The number of benzene rings is 2. The Balaban J connectivity index is 2.21. The SMILES string of the molecule is NC(=O)C(NC(=O)CC(c1ccccc1)c1ccccc1)C(N)=O. The first-order valence-corrected chi connectivity index (χ1v) is 7.47. The van der Waals surface area contributed by atoms with Crippen molar-refractivity contribution in [2.24, 2.45) is 11.5 Å². The number of hydrogen-bond acceptors (Lipinski definition) is 3. The summed E-state index contributed by atoms with van der Waals surface area (Å²) in [6.07, 6.45) is 0.0606. The minimum atomic E-state index is -1.51. The maximum absolute atomic E-state index is 12.3. The van der Waals surface area contributed by atoms with Gasteiger partial charge in [0.1, 0.15) is 0 Å². The van der Waals surface area contributed by atoms with E-state index in [9.17, 15) is 14.4 Å². The van der Waals surface area contributed by atoms with Crippen molar-refractivity contribution in [3.63, 3.8) is 0 Å². The van der Waals surface area contributed by atoms with Gasteiger partial charge in [-0.3, -0.25) is 14.4 Å². The quantitative estimate of drug-likeness (QED) is 0.650. The van der Waals surface area contributed by atoms with E-state index in [0.717, 1.165) is 11.1 Å². The van der Waals surface area contributed by atoms with Gasteiger partial charge in [-0.2, -0.15) is 0 Å². The molecule has 0 aromatic heterocycles. The van der Waals surface area contributed by atoms with E-state index in [4.69, 9.17) is 11.5 Å². The number of carbonyl (C=O) groups is 3. The van der Waals surface area contributed by atoms with Crippen LogP contribution in [-0.2, 0) is 14.4 Å². The largest absolute Gasteiger partial charge is 0.367 e. The summed E-state index contributed by atoms with van der Waals surface area (Å²) in [5.74, 6) is -2.65. The lowest BCUT2D eigenvalue weighted by molar-refractivity contribution is -0.134. The van der Waals surface area contributed by atoms with Crippen LogP contribution in [0.4, 0.5) is 0 Å². The Hall–Kier alpha value is -3.15. The average molecular weight is 325 g/mol. The van der Waals surface area contributed by atoms with Gasteiger partial charge >= 0.3 is 0 Å². The minimum Gasteiger partial charge on any atom is -0.367 e. The van der Waals surface area contributed by atoms with Crippen molar-refractivity contribution in [2.45, 2.75) is 18.4 Å². The van der Waals surface area contributed by atoms with Crippen molar-refractivity contribution in [2.75, 3.05) is 0 Å². The molecule has 5 N–H and O–H groups in total. The number of hydrogen-bond donors (Lipinski definition) is 3. The summed E-state index contributed by atoms with van der Waals surface area (Å²) in [6.45, 7) is 0. The maximum Gasteiger partial charge on any atom is 0.249 e. The molecule has 0 bridgehead atoms. The van der Waals surface area contributed by atoms with E-state index in [1.807, 2.05) is 60.7 Å². The van der Waals surface area contributed by atoms with Crippen LogP contribution in [0.25, 0.3) is 0 Å². The van der Waals surface area contributed by atoms with Crippen molar-refractivity contribution in [3.8, 4) is 0 Å². The molecule has 0 saturated carbocycles. The van der Waals surface area contributed by atoms with E-state index in [1.54, 1.807) is 0 Å². The van der Waals surface area contributed by atoms with E-state index >= 15 is 0 Å². The smallest absolute Gasteiger partial charge is 0.249 e. The molecular formula is C18H19N3O3. The van der Waals surface area contributed by atoms with Gasteiger partial charge < -0.3 is 16.8 Å². The lowest BCUT2D eigenvalue weighted by Gasteiger charge is -2.19. The molecule has 0 fully saturated rings. The molecule has 0 aliphatic heterocycles. The van der Waals surface area contributed by atoms with Gasteiger partial charge in [0.2, 0.25) is 17.7 Å². The Morgan fingerprint density at radius 3 is 1.58 bits per heavy atom. The van der Waals surface area contributed by atoms with Gasteiger partial charge in [-0.1, -0.05) is 60.7 Å². The van der Waals surface area contributed by atoms with Crippen LogP contribution in [0.15, 0.2) is 60.7 Å². The van der Waals surface area contributed by atoms with Crippen LogP contribution in [0.2, 0.25) is 0 Å². The molecule has 6 heteroatoms. The predicted molar refractivity (Wildman–Crippen MR) is 89.7 cm³/mol. The number of rotatable bonds is 7. The minimum absolute atomic E-state index is 0.0606. The third-order valence-electron chi connectivity index (χ3n) is 3.67. The van der Waals surface area contributed by atoms with Gasteiger partial charge in [-0.05, 0) is 11.1 Å². The van der Waals surface area contributed by atoms with Gasteiger partial charge in [0.05, 0.1) is 0 Å². The van der Waals surface area contributed by atoms with Crippen LogP contribution in [0, 0.1) is 0 Å². The van der Waals surface area contributed by atoms with Crippen molar-refractivity contribution in [3.05, 3.63) is 71.8 Å². The molecule has 2 rings (SSSR count). The highest BCUT2D eigenvalue weighted by Gasteiger charge is 2.26. The third-order valence-corrected chi connectivity index (χ3v) is 3.67. The second-order valence-corrected chi connectivity index (χ2v) is 5.38. The lowest BCUT2D eigenvalue weighted by atomic mass is 9.88. The fourth-order valence-electron chi connectivity index (χ4n) is 2.49. The molecule has 0 saturated heterocycles. The van der Waals surface area contributed by atoms with Crippen molar-refractivity contribution >= 4 is 17.7 Å². The van der Waals surface area contributed by atoms with Crippen LogP contribution in [-0.4, -0.2) is 23.8 Å². The molecule has 0 aliphatic carbocycles. The third kappa shape index (κ3) is 4.42. The average Bonchev–Trinajstić information content (AvgIpc) is 2.58. The standard InChI is InChI=1S/C18H19N3O3/c19-17(23)16(18(20)24)21-15(22)11-14(12-7-3-1-4-8-12)13-9-5-2-6-10-13/h1-10,14,16H,11H2,(H2,19,23)(H2,20,24)(H,21,22). The van der Waals surface area contributed by atoms with Crippen molar-refractivity contribution in [1.82, 2.24) is 5.32 Å². The fraction of sp³-hybridized carbons (Fsp3) is 0.167. The summed E-state index contributed by atoms with van der Waals surface area (Å²) in [5, 5.41) is 2.30. The monoisotopic (exact) mass is 325 g/mol. The van der Waals surface area contributed by atoms with Crippen molar-refractivity contribution in [1.29, 1.82) is 0 Å². The summed E-state index contributed by atoms with van der Waals surface area (Å²) in [7, 11) is 0. The molecule has 24 heavy (non-hydrogen) atoms. The summed E-state index contributed by atoms with van der Waals surface area (Å²) < 4.78 is 0. The first-order valence-electron chi connectivity index (χ1n) is 7.47. The van der Waals surface area contributed by atoms with Gasteiger partial charge in [-0.15, -0.1) is 0 Å². The molecule has 0 radical (unpaired) electrons. The predicted octanol–water partition coefficient (Wildman–Crippen LogP) is 0.664. The molecule has 0 unspecified atom stereocenters. The molecule has 0 aliphatic rings. The number of amides is 3. The van der Waals surface area contributed by atoms with Crippen LogP contribution < -0.4 is 16.8 Å². The highest BCUT2D eigenvalue weighted by Crippen LogP contribution is 2.27. The Morgan fingerprint density at radius 2 is 1.21 bits per heavy atom. The van der Waals surface area contributed by atoms with E-state index in [2.05, 4.69) is 5.32 Å². The van der Waals surface area contributed by atoms with Crippen LogP contribution in [0.1, 0.15) is 23.5 Å². The number of carbonyl (C=O) groups excluding carboxylic acids is 3. The summed E-state index contributed by atoms with van der Waals surface area (Å²) in [5.41, 5.74) is 12.1. The number of primary amides is 2. The van der Waals surface area contributed by atoms with Crippen LogP contribution >= 0.6 is 0 Å². The molecule has 2 aromatic rings. The van der Waals surface area contributed by atoms with E-state index < -0.39 is 23.8 Å². The Kier molecular flexibility index (Phi) is 5.68. The van der Waals surface area contributed by atoms with Crippen molar-refractivity contribution < 1.29 is 14.4 Å². The zero-order valence-corrected chi connectivity index (χ0v) is 13.0. The molecule has 2 aromatic carbocycles. The molecule has 0 spiro atoms. The zero-order valence-electron chi connectivity index (χ0n) is 13.0. The first kappa shape index (κ1) is 17.2. The van der Waals surface area contributed by atoms with Gasteiger partial charge in [0.25, 0.3) is 0 Å². The second kappa shape index (κ2) is 7.92. The Bertz CT molecular complexity index is 663. The Morgan fingerprint density at radius 1 is 0.792 bits per heavy atom. The molecular weight excluding hydrogens is 306 g/mol. The summed E-state index contributed by atoms with van der Waals surface area (Å²) in [4.78, 5) is 34.7. The molecule has 6 nitrogen and oxygen atoms in total. The normalized spacial score (nSPS) is 10.6. The second-order valence-electron chi connectivity index (χ2n) is 5.38. The van der Waals surface area contributed by atoms with Crippen LogP contribution in [0.5, 0.6) is 0 Å². The van der Waals surface area contributed by atoms with E-state index in [0.29, 0.717) is 0 Å². The van der Waals surface area contributed by atoms with E-state index in [-0.39, 0.29) is 12.3 Å². The maximum atomic E-state index is 12.3. The fourth-order valence-corrected chi connectivity index (χ4v) is 2.49. The Labute approximate surface area is 139 Å². The summed E-state index contributed by atoms with van der Waals surface area (Å²) >= 11 is 0. The number of nitrogens with one attached hydrogen (secondary N) is 1. The molecule has 3 amide bonds. The summed E-state index contributed by atoms with van der Waals surface area (Å²) in [6, 6.07) is 17.5. The highest BCUT2D eigenvalue weighted by atomic mass is 16.2. The van der Waals surface area contributed by atoms with Gasteiger partial charge in [-0.25, -0.2) is 0 Å². The van der Waals surface area contributed by atoms with Crippen LogP contribution in [0.3, 0.4) is 0 Å². The first-order chi connectivity index (χ1) is 11.5. The zero-order chi connectivity index (χ0) is 17.5. The van der Waals surface area contributed by atoms with E-state index in [1.165, 1.54) is 0 Å². The molecule has 124 valence electrons.